The van der Waals surface area contributed by atoms with Gasteiger partial charge in [-0.15, -0.1) is 0 Å². The molecule has 2 aliphatic rings. The minimum atomic E-state index is 0.104. The Balaban J connectivity index is 1.25. The van der Waals surface area contributed by atoms with Crippen LogP contribution < -0.4 is 15.0 Å². The van der Waals surface area contributed by atoms with Gasteiger partial charge in [0.25, 0.3) is 0 Å². The average molecular weight is 521 g/mol. The number of benzene rings is 2. The number of hydrogen-bond donors (Lipinski definition) is 1. The topological polar surface area (TPSA) is 73.8 Å². The van der Waals surface area contributed by atoms with Crippen molar-refractivity contribution in [1.29, 1.82) is 0 Å². The van der Waals surface area contributed by atoms with Crippen LogP contribution in [0, 0.1) is 6.92 Å². The molecule has 0 saturated carbocycles. The van der Waals surface area contributed by atoms with E-state index in [0.29, 0.717) is 10.8 Å². The molecule has 1 saturated heterocycles. The standard InChI is InChI=1S/C28H33ClN6O2/c1-20-30-19-26-27(32-23-6-4-8-25(18-23)37-24-7-3-5-22(29)17-24)9-10-35(28(26)31-20)16-13-33-11-14-34(15-12-33)21(2)36/h3-8,17-19,27,32H,9-16H2,1-2H3. The fourth-order valence-corrected chi connectivity index (χ4v) is 5.13. The normalized spacial score (nSPS) is 17.9. The molecule has 0 spiro atoms. The highest BCUT2D eigenvalue weighted by Gasteiger charge is 2.28. The third-order valence-electron chi connectivity index (χ3n) is 6.99. The maximum Gasteiger partial charge on any atom is 0.219 e. The fraction of sp³-hybridized carbons (Fsp3) is 0.393. The third kappa shape index (κ3) is 6.32. The zero-order chi connectivity index (χ0) is 25.8. The molecule has 2 aromatic carbocycles. The number of amides is 1. The fourth-order valence-electron chi connectivity index (χ4n) is 4.95. The molecular weight excluding hydrogens is 488 g/mol. The van der Waals surface area contributed by atoms with Crippen molar-refractivity contribution in [3.8, 4) is 11.5 Å². The van der Waals surface area contributed by atoms with Crippen LogP contribution >= 0.6 is 11.6 Å². The van der Waals surface area contributed by atoms with E-state index in [2.05, 4.69) is 20.1 Å². The Morgan fingerprint density at radius 3 is 2.57 bits per heavy atom. The van der Waals surface area contributed by atoms with Gasteiger partial charge in [-0.3, -0.25) is 9.69 Å². The quantitative estimate of drug-likeness (QED) is 0.481. The summed E-state index contributed by atoms with van der Waals surface area (Å²) < 4.78 is 6.02. The predicted octanol–water partition coefficient (Wildman–Crippen LogP) is 4.76. The maximum atomic E-state index is 11.6. The molecular formula is C28H33ClN6O2. The van der Waals surface area contributed by atoms with Crippen molar-refractivity contribution in [3.05, 3.63) is 71.1 Å². The Hall–Kier alpha value is -3.36. The van der Waals surface area contributed by atoms with Gasteiger partial charge >= 0.3 is 0 Å². The highest BCUT2D eigenvalue weighted by molar-refractivity contribution is 6.30. The van der Waals surface area contributed by atoms with Gasteiger partial charge in [-0.25, -0.2) is 9.97 Å². The highest BCUT2D eigenvalue weighted by atomic mass is 35.5. The van der Waals surface area contributed by atoms with E-state index in [-0.39, 0.29) is 11.9 Å². The van der Waals surface area contributed by atoms with Gasteiger partial charge in [0, 0.05) is 81.3 Å². The summed E-state index contributed by atoms with van der Waals surface area (Å²) in [6.07, 6.45) is 2.90. The number of carbonyl (C=O) groups excluding carboxylic acids is 1. The molecule has 3 aromatic rings. The summed E-state index contributed by atoms with van der Waals surface area (Å²) in [6, 6.07) is 15.5. The molecule has 8 nitrogen and oxygen atoms in total. The molecule has 1 fully saturated rings. The van der Waals surface area contributed by atoms with Crippen molar-refractivity contribution < 1.29 is 9.53 Å². The number of ether oxygens (including phenoxy) is 1. The van der Waals surface area contributed by atoms with E-state index in [9.17, 15) is 4.79 Å². The highest BCUT2D eigenvalue weighted by Crippen LogP contribution is 2.35. The average Bonchev–Trinajstić information content (AvgIpc) is 2.88. The lowest BCUT2D eigenvalue weighted by molar-refractivity contribution is -0.130. The summed E-state index contributed by atoms with van der Waals surface area (Å²) in [5.74, 6) is 3.39. The van der Waals surface area contributed by atoms with E-state index in [4.69, 9.17) is 21.3 Å². The monoisotopic (exact) mass is 520 g/mol. The van der Waals surface area contributed by atoms with Gasteiger partial charge in [-0.05, 0) is 43.7 Å². The summed E-state index contributed by atoms with van der Waals surface area (Å²) in [5, 5.41) is 4.32. The third-order valence-corrected chi connectivity index (χ3v) is 7.22. The SMILES string of the molecule is CC(=O)N1CCN(CCN2CCC(Nc3cccc(Oc4cccc(Cl)c4)c3)c3cnc(C)nc32)CC1. The summed E-state index contributed by atoms with van der Waals surface area (Å²) in [5.41, 5.74) is 2.09. The number of nitrogens with one attached hydrogen (secondary N) is 1. The smallest absolute Gasteiger partial charge is 0.219 e. The van der Waals surface area contributed by atoms with Gasteiger partial charge in [-0.2, -0.15) is 0 Å². The molecule has 5 rings (SSSR count). The molecule has 2 aliphatic heterocycles. The van der Waals surface area contributed by atoms with Crippen LogP contribution in [-0.2, 0) is 4.79 Å². The predicted molar refractivity (Wildman–Crippen MR) is 147 cm³/mol. The van der Waals surface area contributed by atoms with Crippen LogP contribution in [0.15, 0.2) is 54.7 Å². The van der Waals surface area contributed by atoms with E-state index in [1.54, 1.807) is 13.0 Å². The van der Waals surface area contributed by atoms with Crippen molar-refractivity contribution in [2.45, 2.75) is 26.3 Å². The zero-order valence-electron chi connectivity index (χ0n) is 21.4. The Morgan fingerprint density at radius 1 is 1.05 bits per heavy atom. The lowest BCUT2D eigenvalue weighted by Crippen LogP contribution is -2.50. The number of carbonyl (C=O) groups is 1. The van der Waals surface area contributed by atoms with Crippen molar-refractivity contribution in [2.24, 2.45) is 0 Å². The van der Waals surface area contributed by atoms with Crippen LogP contribution in [-0.4, -0.2) is 71.5 Å². The Labute approximate surface area is 223 Å². The minimum Gasteiger partial charge on any atom is -0.457 e. The number of nitrogens with zero attached hydrogens (tertiary/aromatic N) is 5. The second-order valence-electron chi connectivity index (χ2n) is 9.60. The first-order valence-corrected chi connectivity index (χ1v) is 13.2. The van der Waals surface area contributed by atoms with Crippen LogP contribution in [0.2, 0.25) is 5.02 Å². The Morgan fingerprint density at radius 2 is 1.81 bits per heavy atom. The van der Waals surface area contributed by atoms with Crippen LogP contribution in [0.5, 0.6) is 11.5 Å². The number of halogens is 1. The largest absolute Gasteiger partial charge is 0.457 e. The van der Waals surface area contributed by atoms with Crippen LogP contribution in [0.1, 0.15) is 30.8 Å². The number of rotatable bonds is 7. The van der Waals surface area contributed by atoms with E-state index < -0.39 is 0 Å². The Kier molecular flexibility index (Phi) is 7.76. The van der Waals surface area contributed by atoms with Gasteiger partial charge in [0.05, 0.1) is 6.04 Å². The molecule has 1 amide bonds. The molecule has 194 valence electrons. The Bertz CT molecular complexity index is 1250. The van der Waals surface area contributed by atoms with Crippen LogP contribution in [0.3, 0.4) is 0 Å². The van der Waals surface area contributed by atoms with Crippen LogP contribution in [0.4, 0.5) is 11.5 Å². The van der Waals surface area contributed by atoms with Gasteiger partial charge in [0.15, 0.2) is 0 Å². The molecule has 0 bridgehead atoms. The van der Waals surface area contributed by atoms with Crippen molar-refractivity contribution in [1.82, 2.24) is 19.8 Å². The second-order valence-corrected chi connectivity index (χ2v) is 10.0. The van der Waals surface area contributed by atoms with E-state index >= 15 is 0 Å². The summed E-state index contributed by atoms with van der Waals surface area (Å²) in [7, 11) is 0. The van der Waals surface area contributed by atoms with E-state index in [1.165, 1.54) is 0 Å². The molecule has 0 aliphatic carbocycles. The van der Waals surface area contributed by atoms with E-state index in [1.807, 2.05) is 60.5 Å². The number of fused-ring (bicyclic) bond motifs is 1. The van der Waals surface area contributed by atoms with Gasteiger partial charge in [0.2, 0.25) is 5.91 Å². The molecule has 1 aromatic heterocycles. The molecule has 1 unspecified atom stereocenters. The molecule has 1 N–H and O–H groups in total. The lowest BCUT2D eigenvalue weighted by atomic mass is 10.00. The summed E-state index contributed by atoms with van der Waals surface area (Å²) >= 11 is 6.10. The zero-order valence-corrected chi connectivity index (χ0v) is 22.1. The lowest BCUT2D eigenvalue weighted by Gasteiger charge is -2.38. The van der Waals surface area contributed by atoms with Gasteiger partial charge in [-0.1, -0.05) is 23.7 Å². The molecule has 3 heterocycles. The molecule has 0 radical (unpaired) electrons. The van der Waals surface area contributed by atoms with E-state index in [0.717, 1.165) is 80.9 Å². The number of piperazine rings is 1. The van der Waals surface area contributed by atoms with Gasteiger partial charge in [0.1, 0.15) is 23.1 Å². The minimum absolute atomic E-state index is 0.104. The van der Waals surface area contributed by atoms with Crippen molar-refractivity contribution in [3.63, 3.8) is 0 Å². The van der Waals surface area contributed by atoms with Crippen molar-refractivity contribution >= 4 is 29.0 Å². The second kappa shape index (κ2) is 11.4. The summed E-state index contributed by atoms with van der Waals surface area (Å²) in [4.78, 5) is 27.7. The number of hydrogen-bond acceptors (Lipinski definition) is 7. The first-order chi connectivity index (χ1) is 17.9. The first kappa shape index (κ1) is 25.3. The van der Waals surface area contributed by atoms with Gasteiger partial charge < -0.3 is 19.9 Å². The van der Waals surface area contributed by atoms with Crippen molar-refractivity contribution in [2.75, 3.05) is 56.0 Å². The number of aryl methyl sites for hydroxylation is 1. The molecule has 1 atom stereocenters. The maximum absolute atomic E-state index is 11.6. The first-order valence-electron chi connectivity index (χ1n) is 12.8. The molecule has 9 heteroatoms. The van der Waals surface area contributed by atoms with Crippen LogP contribution in [0.25, 0.3) is 0 Å². The summed E-state index contributed by atoms with van der Waals surface area (Å²) in [6.45, 7) is 9.80. The number of anilines is 2. The number of aromatic nitrogens is 2. The molecule has 37 heavy (non-hydrogen) atoms.